The molecule has 0 aliphatic carbocycles. The Bertz CT molecular complexity index is 1100. The summed E-state index contributed by atoms with van der Waals surface area (Å²) in [5.74, 6) is 0.428. The maximum Gasteiger partial charge on any atom is 0.271 e. The van der Waals surface area contributed by atoms with Crippen molar-refractivity contribution < 1.29 is 9.72 Å². The summed E-state index contributed by atoms with van der Waals surface area (Å²) in [7, 11) is 1.83. The first kappa shape index (κ1) is 22.6. The highest BCUT2D eigenvalue weighted by atomic mass is 35.5. The summed E-state index contributed by atoms with van der Waals surface area (Å²) in [6.45, 7) is 3.98. The van der Waals surface area contributed by atoms with Crippen LogP contribution in [-0.2, 0) is 18.4 Å². The van der Waals surface area contributed by atoms with E-state index in [1.807, 2.05) is 23.7 Å². The molecule has 31 heavy (non-hydrogen) atoms. The lowest BCUT2D eigenvalue weighted by Gasteiger charge is -2.13. The third-order valence-electron chi connectivity index (χ3n) is 4.56. The van der Waals surface area contributed by atoms with E-state index in [0.717, 1.165) is 11.3 Å². The minimum atomic E-state index is -0.494. The first-order valence-electron chi connectivity index (χ1n) is 9.35. The van der Waals surface area contributed by atoms with Crippen molar-refractivity contribution in [3.63, 3.8) is 0 Å². The number of hydrogen-bond acceptors (Lipinski definition) is 7. The van der Waals surface area contributed by atoms with Crippen LogP contribution in [0.2, 0.25) is 5.02 Å². The fourth-order valence-corrected chi connectivity index (χ4v) is 3.61. The summed E-state index contributed by atoms with van der Waals surface area (Å²) < 4.78 is 1.82. The van der Waals surface area contributed by atoms with Crippen molar-refractivity contribution in [2.75, 3.05) is 10.6 Å². The van der Waals surface area contributed by atoms with Crippen molar-refractivity contribution in [1.29, 1.82) is 0 Å². The van der Waals surface area contributed by atoms with Gasteiger partial charge in [-0.3, -0.25) is 14.9 Å². The molecule has 2 aromatic carbocycles. The molecule has 1 atom stereocenters. The van der Waals surface area contributed by atoms with E-state index in [1.54, 1.807) is 32.0 Å². The van der Waals surface area contributed by atoms with Gasteiger partial charge in [0.05, 0.1) is 22.4 Å². The molecule has 1 heterocycles. The Balaban J connectivity index is 1.62. The molecule has 0 spiro atoms. The van der Waals surface area contributed by atoms with E-state index in [4.69, 9.17) is 11.6 Å². The van der Waals surface area contributed by atoms with Crippen LogP contribution in [0.5, 0.6) is 0 Å². The van der Waals surface area contributed by atoms with E-state index in [1.165, 1.54) is 23.9 Å². The third kappa shape index (κ3) is 5.74. The van der Waals surface area contributed by atoms with Gasteiger partial charge in [0.2, 0.25) is 5.91 Å². The Labute approximate surface area is 188 Å². The summed E-state index contributed by atoms with van der Waals surface area (Å²) in [5.41, 5.74) is 1.98. The van der Waals surface area contributed by atoms with E-state index < -0.39 is 10.2 Å². The van der Waals surface area contributed by atoms with Gasteiger partial charge in [0.1, 0.15) is 0 Å². The summed E-state index contributed by atoms with van der Waals surface area (Å²) in [6, 6.07) is 11.7. The topological polar surface area (TPSA) is 115 Å². The molecule has 9 nitrogen and oxygen atoms in total. The zero-order valence-corrected chi connectivity index (χ0v) is 18.7. The van der Waals surface area contributed by atoms with E-state index in [2.05, 4.69) is 20.8 Å². The molecule has 0 aliphatic heterocycles. The van der Waals surface area contributed by atoms with Gasteiger partial charge in [-0.05, 0) is 43.7 Å². The average Bonchev–Trinajstić information content (AvgIpc) is 3.08. The predicted octanol–water partition coefficient (Wildman–Crippen LogP) is 4.42. The molecule has 0 saturated carbocycles. The van der Waals surface area contributed by atoms with Crippen molar-refractivity contribution in [1.82, 2.24) is 14.8 Å². The molecule has 3 aromatic rings. The highest BCUT2D eigenvalue weighted by Gasteiger charge is 2.20. The SMILES string of the molecule is Cc1ccc([N+](=O)[O-])cc1NC(=O)C(C)Sc1nnc(CNc2ccc(Cl)cc2)n1C. The lowest BCUT2D eigenvalue weighted by molar-refractivity contribution is -0.384. The van der Waals surface area contributed by atoms with Crippen LogP contribution >= 0.6 is 23.4 Å². The second kappa shape index (κ2) is 9.80. The van der Waals surface area contributed by atoms with Gasteiger partial charge >= 0.3 is 0 Å². The van der Waals surface area contributed by atoms with E-state index >= 15 is 0 Å². The van der Waals surface area contributed by atoms with Crippen LogP contribution in [-0.4, -0.2) is 30.8 Å². The molecule has 0 aliphatic rings. The minimum absolute atomic E-state index is 0.0765. The monoisotopic (exact) mass is 460 g/mol. The number of nitrogens with one attached hydrogen (secondary N) is 2. The Morgan fingerprint density at radius 3 is 2.65 bits per heavy atom. The van der Waals surface area contributed by atoms with Crippen LogP contribution in [0.4, 0.5) is 17.1 Å². The molecule has 1 amide bonds. The van der Waals surface area contributed by atoms with Crippen molar-refractivity contribution >= 4 is 46.3 Å². The van der Waals surface area contributed by atoms with E-state index in [0.29, 0.717) is 28.2 Å². The Morgan fingerprint density at radius 1 is 1.26 bits per heavy atom. The second-order valence-electron chi connectivity index (χ2n) is 6.82. The van der Waals surface area contributed by atoms with Crippen molar-refractivity contribution in [2.24, 2.45) is 7.05 Å². The number of aryl methyl sites for hydroxylation is 1. The summed E-state index contributed by atoms with van der Waals surface area (Å²) in [6.07, 6.45) is 0. The smallest absolute Gasteiger partial charge is 0.271 e. The van der Waals surface area contributed by atoms with Crippen LogP contribution in [0.15, 0.2) is 47.6 Å². The highest BCUT2D eigenvalue weighted by molar-refractivity contribution is 8.00. The molecule has 3 rings (SSSR count). The van der Waals surface area contributed by atoms with E-state index in [9.17, 15) is 14.9 Å². The van der Waals surface area contributed by atoms with Crippen molar-refractivity contribution in [3.05, 3.63) is 69.0 Å². The highest BCUT2D eigenvalue weighted by Crippen LogP contribution is 2.26. The number of nitrogens with zero attached hydrogens (tertiary/aromatic N) is 4. The predicted molar refractivity (Wildman–Crippen MR) is 122 cm³/mol. The third-order valence-corrected chi connectivity index (χ3v) is 5.95. The van der Waals surface area contributed by atoms with Crippen LogP contribution in [0.1, 0.15) is 18.3 Å². The average molecular weight is 461 g/mol. The number of carbonyl (C=O) groups is 1. The number of non-ortho nitro benzene ring substituents is 1. The zero-order valence-electron chi connectivity index (χ0n) is 17.1. The molecule has 2 N–H and O–H groups in total. The van der Waals surface area contributed by atoms with Gasteiger partial charge in [-0.2, -0.15) is 0 Å². The summed E-state index contributed by atoms with van der Waals surface area (Å²) >= 11 is 7.15. The Hall–Kier alpha value is -3.11. The lowest BCUT2D eigenvalue weighted by Crippen LogP contribution is -2.23. The molecule has 162 valence electrons. The number of anilines is 2. The molecular weight excluding hydrogens is 440 g/mol. The largest absolute Gasteiger partial charge is 0.378 e. The Morgan fingerprint density at radius 2 is 1.97 bits per heavy atom. The standard InChI is InChI=1S/C20H21ClN6O3S/c1-12-4-9-16(27(29)30)10-17(12)23-19(28)13(2)31-20-25-24-18(26(20)3)11-22-15-7-5-14(21)6-8-15/h4-10,13,22H,11H2,1-3H3,(H,23,28). The molecule has 0 radical (unpaired) electrons. The summed E-state index contributed by atoms with van der Waals surface area (Å²) in [5, 5.41) is 26.1. The molecule has 1 aromatic heterocycles. The number of rotatable bonds is 8. The fourth-order valence-electron chi connectivity index (χ4n) is 2.65. The number of nitro benzene ring substituents is 1. The number of halogens is 1. The number of amides is 1. The molecule has 1 unspecified atom stereocenters. The lowest BCUT2D eigenvalue weighted by atomic mass is 10.2. The van der Waals surface area contributed by atoms with Gasteiger partial charge in [0, 0.05) is 29.9 Å². The normalized spacial score (nSPS) is 11.7. The molecule has 0 fully saturated rings. The number of hydrogen-bond donors (Lipinski definition) is 2. The number of carbonyl (C=O) groups excluding carboxylic acids is 1. The number of nitro groups is 1. The molecule has 11 heteroatoms. The van der Waals surface area contributed by atoms with Gasteiger partial charge in [-0.15, -0.1) is 10.2 Å². The van der Waals surface area contributed by atoms with Crippen LogP contribution in [0, 0.1) is 17.0 Å². The van der Waals surface area contributed by atoms with Crippen LogP contribution in [0.25, 0.3) is 0 Å². The van der Waals surface area contributed by atoms with Gasteiger partial charge in [0.15, 0.2) is 11.0 Å². The minimum Gasteiger partial charge on any atom is -0.378 e. The Kier molecular flexibility index (Phi) is 7.13. The second-order valence-corrected chi connectivity index (χ2v) is 8.57. The van der Waals surface area contributed by atoms with Gasteiger partial charge in [0.25, 0.3) is 5.69 Å². The zero-order chi connectivity index (χ0) is 22.5. The molecular formula is C20H21ClN6O3S. The van der Waals surface area contributed by atoms with Gasteiger partial charge < -0.3 is 15.2 Å². The van der Waals surface area contributed by atoms with Gasteiger partial charge in [-0.1, -0.05) is 29.4 Å². The van der Waals surface area contributed by atoms with Crippen molar-refractivity contribution in [2.45, 2.75) is 30.8 Å². The van der Waals surface area contributed by atoms with Crippen molar-refractivity contribution in [3.8, 4) is 0 Å². The van der Waals surface area contributed by atoms with Crippen LogP contribution < -0.4 is 10.6 Å². The molecule has 0 bridgehead atoms. The maximum absolute atomic E-state index is 12.6. The first-order valence-corrected chi connectivity index (χ1v) is 10.6. The van der Waals surface area contributed by atoms with Gasteiger partial charge in [-0.25, -0.2) is 0 Å². The maximum atomic E-state index is 12.6. The number of thioether (sulfide) groups is 1. The number of aromatic nitrogens is 3. The molecule has 0 saturated heterocycles. The number of benzene rings is 2. The quantitative estimate of drug-likeness (QED) is 0.290. The van der Waals surface area contributed by atoms with E-state index in [-0.39, 0.29) is 11.6 Å². The summed E-state index contributed by atoms with van der Waals surface area (Å²) in [4.78, 5) is 23.1. The fraction of sp³-hybridized carbons (Fsp3) is 0.250. The van der Waals surface area contributed by atoms with Crippen LogP contribution in [0.3, 0.4) is 0 Å². The first-order chi connectivity index (χ1) is 14.7.